The molecule has 1 rings (SSSR count). The Labute approximate surface area is 156 Å². The second-order valence-electron chi connectivity index (χ2n) is 7.95. The van der Waals surface area contributed by atoms with Crippen LogP contribution in [0, 0.1) is 17.8 Å². The molecule has 0 fully saturated rings. The lowest BCUT2D eigenvalue weighted by Gasteiger charge is -2.28. The Morgan fingerprint density at radius 3 is 2.27 bits per heavy atom. The zero-order valence-corrected chi connectivity index (χ0v) is 16.8. The summed E-state index contributed by atoms with van der Waals surface area (Å²) in [7, 11) is 0. The number of hydrogen-bond donors (Lipinski definition) is 2. The van der Waals surface area contributed by atoms with Crippen LogP contribution in [0.2, 0.25) is 0 Å². The number of ketones is 3. The van der Waals surface area contributed by atoms with Gasteiger partial charge in [0.25, 0.3) is 0 Å². The Bertz CT molecular complexity index is 637. The maximum atomic E-state index is 12.9. The fourth-order valence-electron chi connectivity index (χ4n) is 3.07. The fourth-order valence-corrected chi connectivity index (χ4v) is 3.07. The molecule has 0 aliphatic heterocycles. The monoisotopic (exact) mass is 364 g/mol. The van der Waals surface area contributed by atoms with Gasteiger partial charge in [0.05, 0.1) is 5.92 Å². The summed E-state index contributed by atoms with van der Waals surface area (Å²) < 4.78 is 0. The summed E-state index contributed by atoms with van der Waals surface area (Å²) in [5, 5.41) is 21.7. The van der Waals surface area contributed by atoms with Crippen LogP contribution in [-0.4, -0.2) is 33.2 Å². The van der Waals surface area contributed by atoms with E-state index in [4.69, 9.17) is 0 Å². The second kappa shape index (κ2) is 8.76. The van der Waals surface area contributed by atoms with Crippen molar-refractivity contribution in [3.8, 4) is 0 Å². The first-order valence-electron chi connectivity index (χ1n) is 9.39. The maximum Gasteiger partial charge on any atom is 0.191 e. The molecule has 1 unspecified atom stereocenters. The van der Waals surface area contributed by atoms with Crippen LogP contribution >= 0.6 is 0 Å². The third-order valence-electron chi connectivity index (χ3n) is 5.11. The van der Waals surface area contributed by atoms with Crippen molar-refractivity contribution in [3.63, 3.8) is 0 Å². The Morgan fingerprint density at radius 2 is 1.81 bits per heavy atom. The van der Waals surface area contributed by atoms with Gasteiger partial charge < -0.3 is 10.2 Å². The summed E-state index contributed by atoms with van der Waals surface area (Å²) in [5.41, 5.74) is -1.78. The first-order chi connectivity index (χ1) is 12.0. The second-order valence-corrected chi connectivity index (χ2v) is 7.95. The van der Waals surface area contributed by atoms with Gasteiger partial charge in [0.1, 0.15) is 11.3 Å². The minimum Gasteiger partial charge on any atom is -0.508 e. The van der Waals surface area contributed by atoms with Gasteiger partial charge in [0.15, 0.2) is 23.0 Å². The van der Waals surface area contributed by atoms with E-state index >= 15 is 0 Å². The molecule has 0 saturated carbocycles. The Balaban J connectivity index is 3.38. The average Bonchev–Trinajstić information content (AvgIpc) is 2.76. The van der Waals surface area contributed by atoms with Crippen LogP contribution in [0.5, 0.6) is 0 Å². The van der Waals surface area contributed by atoms with Crippen LogP contribution in [0.25, 0.3) is 0 Å². The Hall–Kier alpha value is -1.75. The zero-order valence-electron chi connectivity index (χ0n) is 16.8. The average molecular weight is 364 g/mol. The lowest BCUT2D eigenvalue weighted by atomic mass is 9.80. The van der Waals surface area contributed by atoms with Crippen LogP contribution in [0.3, 0.4) is 0 Å². The van der Waals surface area contributed by atoms with Crippen molar-refractivity contribution in [3.05, 3.63) is 23.0 Å². The van der Waals surface area contributed by atoms with E-state index in [9.17, 15) is 24.6 Å². The fraction of sp³-hybridized carbons (Fsp3) is 0.667. The van der Waals surface area contributed by atoms with Crippen molar-refractivity contribution in [2.75, 3.05) is 0 Å². The molecule has 0 amide bonds. The maximum absolute atomic E-state index is 12.9. The summed E-state index contributed by atoms with van der Waals surface area (Å²) in [4.78, 5) is 38.2. The highest BCUT2D eigenvalue weighted by Gasteiger charge is 2.58. The summed E-state index contributed by atoms with van der Waals surface area (Å²) >= 11 is 0. The topological polar surface area (TPSA) is 91.7 Å². The molecule has 146 valence electrons. The van der Waals surface area contributed by atoms with Crippen LogP contribution < -0.4 is 0 Å². The van der Waals surface area contributed by atoms with Crippen molar-refractivity contribution >= 4 is 17.3 Å². The van der Waals surface area contributed by atoms with Gasteiger partial charge in [-0.05, 0) is 39.0 Å². The number of allylic oxidation sites excluding steroid dienone is 3. The molecular weight excluding hydrogens is 332 g/mol. The molecule has 2 N–H and O–H groups in total. The van der Waals surface area contributed by atoms with Gasteiger partial charge in [-0.15, -0.1) is 0 Å². The predicted molar refractivity (Wildman–Crippen MR) is 101 cm³/mol. The van der Waals surface area contributed by atoms with E-state index in [-0.39, 0.29) is 18.8 Å². The first-order valence-corrected chi connectivity index (χ1v) is 9.39. The predicted octanol–water partition coefficient (Wildman–Crippen LogP) is 3.71. The summed E-state index contributed by atoms with van der Waals surface area (Å²) in [6, 6.07) is 0. The molecule has 5 heteroatoms. The van der Waals surface area contributed by atoms with Gasteiger partial charge in [0, 0.05) is 12.3 Å². The van der Waals surface area contributed by atoms with Crippen molar-refractivity contribution in [1.29, 1.82) is 0 Å². The van der Waals surface area contributed by atoms with Gasteiger partial charge in [-0.1, -0.05) is 39.3 Å². The molecule has 26 heavy (non-hydrogen) atoms. The molecule has 0 spiro atoms. The molecule has 0 aromatic rings. The van der Waals surface area contributed by atoms with Gasteiger partial charge in [-0.2, -0.15) is 0 Å². The van der Waals surface area contributed by atoms with E-state index in [0.717, 1.165) is 5.57 Å². The lowest BCUT2D eigenvalue weighted by molar-refractivity contribution is -0.145. The van der Waals surface area contributed by atoms with Crippen molar-refractivity contribution < 1.29 is 24.6 Å². The van der Waals surface area contributed by atoms with Gasteiger partial charge in [0.2, 0.25) is 0 Å². The third-order valence-corrected chi connectivity index (χ3v) is 5.11. The first kappa shape index (κ1) is 22.3. The number of carbonyl (C=O) groups is 3. The van der Waals surface area contributed by atoms with Crippen LogP contribution in [0.4, 0.5) is 0 Å². The van der Waals surface area contributed by atoms with Crippen molar-refractivity contribution in [1.82, 2.24) is 0 Å². The smallest absolute Gasteiger partial charge is 0.191 e. The molecular formula is C21H32O5. The molecule has 3 atom stereocenters. The summed E-state index contributed by atoms with van der Waals surface area (Å²) in [6.07, 6.45) is 2.93. The molecule has 1 aliphatic rings. The summed E-state index contributed by atoms with van der Waals surface area (Å²) in [5.74, 6) is -3.88. The number of rotatable bonds is 9. The molecule has 0 bridgehead atoms. The van der Waals surface area contributed by atoms with Crippen LogP contribution in [0.15, 0.2) is 23.0 Å². The number of hydrogen-bond acceptors (Lipinski definition) is 5. The highest BCUT2D eigenvalue weighted by atomic mass is 16.3. The van der Waals surface area contributed by atoms with Gasteiger partial charge in [-0.3, -0.25) is 14.4 Å². The molecule has 0 aromatic carbocycles. The van der Waals surface area contributed by atoms with E-state index in [1.807, 2.05) is 27.7 Å². The van der Waals surface area contributed by atoms with Crippen molar-refractivity contribution in [2.24, 2.45) is 17.8 Å². The minimum atomic E-state index is -2.31. The Morgan fingerprint density at radius 1 is 1.23 bits per heavy atom. The standard InChI is InChI=1S/C21H32O5/c1-7-14(6)18(23)17-19(24)15(10-8-12(2)3)21(26,20(17)25)16(22)11-9-13(4)5/h8,13-15,25-26H,7,9-11H2,1-6H3/t14?,15-,21-/m0/s1. The quantitative estimate of drug-likeness (QED) is 0.481. The molecule has 1 aliphatic carbocycles. The molecule has 0 heterocycles. The minimum absolute atomic E-state index is 0.0433. The number of Topliss-reactive ketones (excluding diaryl/α,β-unsaturated/α-hetero) is 3. The van der Waals surface area contributed by atoms with Gasteiger partial charge in [-0.25, -0.2) is 0 Å². The van der Waals surface area contributed by atoms with E-state index in [0.29, 0.717) is 12.8 Å². The number of carbonyl (C=O) groups excluding carboxylic acids is 3. The van der Waals surface area contributed by atoms with Crippen molar-refractivity contribution in [2.45, 2.75) is 72.8 Å². The number of aliphatic hydroxyl groups excluding tert-OH is 1. The molecule has 5 nitrogen and oxygen atoms in total. The normalized spacial score (nSPS) is 24.2. The Kier molecular flexibility index (Phi) is 7.51. The van der Waals surface area contributed by atoms with Gasteiger partial charge >= 0.3 is 0 Å². The van der Waals surface area contributed by atoms with E-state index in [1.54, 1.807) is 19.9 Å². The molecule has 0 saturated heterocycles. The van der Waals surface area contributed by atoms with E-state index in [2.05, 4.69) is 0 Å². The largest absolute Gasteiger partial charge is 0.508 e. The van der Waals surface area contributed by atoms with E-state index in [1.165, 1.54) is 0 Å². The third kappa shape index (κ3) is 4.32. The summed E-state index contributed by atoms with van der Waals surface area (Å²) in [6.45, 7) is 11.1. The van der Waals surface area contributed by atoms with Crippen LogP contribution in [0.1, 0.15) is 67.2 Å². The lowest BCUT2D eigenvalue weighted by Crippen LogP contribution is -2.46. The zero-order chi connectivity index (χ0) is 20.2. The molecule has 0 radical (unpaired) electrons. The highest BCUT2D eigenvalue weighted by Crippen LogP contribution is 2.42. The number of aliphatic hydroxyl groups is 2. The van der Waals surface area contributed by atoms with Crippen LogP contribution in [-0.2, 0) is 14.4 Å². The SMILES string of the molecule is CCC(C)C(=O)C1=C(O)[C@@](O)(C(=O)CCC(C)C)[C@@H](CC=C(C)C)C1=O. The molecule has 0 aromatic heterocycles. The van der Waals surface area contributed by atoms with E-state index < -0.39 is 46.1 Å². The highest BCUT2D eigenvalue weighted by molar-refractivity contribution is 6.26.